The molecule has 1 nitrogen and oxygen atoms in total. The molecule has 0 aromatic carbocycles. The SMILES string of the molecule is CCC1CCC(N(C2CCC(CC)CC2)C2CCC3CCC4CCCC5CCC2C3C45)CC1. The fourth-order valence-corrected chi connectivity index (χ4v) is 11.2. The van der Waals surface area contributed by atoms with Crippen LogP contribution in [0.4, 0.5) is 0 Å². The van der Waals surface area contributed by atoms with E-state index in [1.807, 2.05) is 0 Å². The van der Waals surface area contributed by atoms with Crippen molar-refractivity contribution in [3.8, 4) is 0 Å². The number of hydrogen-bond acceptors (Lipinski definition) is 1. The Bertz CT molecular complexity index is 596. The van der Waals surface area contributed by atoms with E-state index in [1.165, 1.54) is 64.2 Å². The molecule has 33 heavy (non-hydrogen) atoms. The van der Waals surface area contributed by atoms with Gasteiger partial charge in [-0.3, -0.25) is 4.90 Å². The van der Waals surface area contributed by atoms with Gasteiger partial charge in [-0.1, -0.05) is 46.0 Å². The normalized spacial score (nSPS) is 50.1. The molecule has 0 radical (unpaired) electrons. The third-order valence-corrected chi connectivity index (χ3v) is 12.8. The van der Waals surface area contributed by atoms with Gasteiger partial charge in [0, 0.05) is 18.1 Å². The van der Waals surface area contributed by atoms with Crippen molar-refractivity contribution in [2.75, 3.05) is 0 Å². The predicted molar refractivity (Wildman–Crippen MR) is 140 cm³/mol. The molecule has 1 heteroatoms. The van der Waals surface area contributed by atoms with Crippen LogP contribution >= 0.6 is 0 Å². The summed E-state index contributed by atoms with van der Waals surface area (Å²) < 4.78 is 0. The molecule has 0 aromatic heterocycles. The second-order valence-electron chi connectivity index (χ2n) is 13.9. The first-order chi connectivity index (χ1) is 16.3. The van der Waals surface area contributed by atoms with E-state index in [0.29, 0.717) is 0 Å². The van der Waals surface area contributed by atoms with Gasteiger partial charge in [0.25, 0.3) is 0 Å². The second-order valence-corrected chi connectivity index (χ2v) is 13.9. The Morgan fingerprint density at radius 2 is 0.970 bits per heavy atom. The van der Waals surface area contributed by atoms with Crippen molar-refractivity contribution < 1.29 is 0 Å². The lowest BCUT2D eigenvalue weighted by Gasteiger charge is -2.62. The van der Waals surface area contributed by atoms with Gasteiger partial charge >= 0.3 is 0 Å². The van der Waals surface area contributed by atoms with Crippen molar-refractivity contribution in [2.45, 2.75) is 154 Å². The molecule has 0 N–H and O–H groups in total. The van der Waals surface area contributed by atoms with E-state index < -0.39 is 0 Å². The van der Waals surface area contributed by atoms with Gasteiger partial charge in [0.1, 0.15) is 0 Å². The van der Waals surface area contributed by atoms with E-state index in [4.69, 9.17) is 0 Å². The Kier molecular flexibility index (Phi) is 7.18. The van der Waals surface area contributed by atoms with E-state index in [-0.39, 0.29) is 0 Å². The van der Waals surface area contributed by atoms with Crippen molar-refractivity contribution >= 4 is 0 Å². The molecule has 0 aliphatic heterocycles. The summed E-state index contributed by atoms with van der Waals surface area (Å²) in [4.78, 5) is 3.32. The van der Waals surface area contributed by atoms with Crippen LogP contribution in [0.25, 0.3) is 0 Å². The molecule has 7 unspecified atom stereocenters. The van der Waals surface area contributed by atoms with Crippen LogP contribution < -0.4 is 0 Å². The molecule has 6 fully saturated rings. The van der Waals surface area contributed by atoms with E-state index >= 15 is 0 Å². The molecule has 6 aliphatic rings. The van der Waals surface area contributed by atoms with Crippen molar-refractivity contribution in [2.24, 2.45) is 47.3 Å². The summed E-state index contributed by atoms with van der Waals surface area (Å²) in [5, 5.41) is 0. The Labute approximate surface area is 206 Å². The third kappa shape index (κ3) is 4.38. The Morgan fingerprint density at radius 1 is 0.485 bits per heavy atom. The minimum absolute atomic E-state index is 0.931. The molecule has 7 atom stereocenters. The molecule has 0 bridgehead atoms. The molecule has 0 saturated heterocycles. The van der Waals surface area contributed by atoms with E-state index in [1.54, 1.807) is 57.8 Å². The zero-order valence-corrected chi connectivity index (χ0v) is 22.2. The fourth-order valence-electron chi connectivity index (χ4n) is 11.2. The van der Waals surface area contributed by atoms with Crippen LogP contribution in [-0.2, 0) is 0 Å². The van der Waals surface area contributed by atoms with Gasteiger partial charge in [-0.05, 0) is 137 Å². The lowest BCUT2D eigenvalue weighted by atomic mass is 9.47. The molecule has 0 spiro atoms. The van der Waals surface area contributed by atoms with Crippen LogP contribution in [0, 0.1) is 47.3 Å². The van der Waals surface area contributed by atoms with Crippen LogP contribution in [0.3, 0.4) is 0 Å². The summed E-state index contributed by atoms with van der Waals surface area (Å²) in [6.07, 6.45) is 29.4. The summed E-state index contributed by atoms with van der Waals surface area (Å²) >= 11 is 0. The van der Waals surface area contributed by atoms with Gasteiger partial charge in [-0.15, -0.1) is 0 Å². The molecule has 0 amide bonds. The third-order valence-electron chi connectivity index (χ3n) is 12.8. The van der Waals surface area contributed by atoms with Gasteiger partial charge in [0.2, 0.25) is 0 Å². The summed E-state index contributed by atoms with van der Waals surface area (Å²) in [6, 6.07) is 2.82. The standard InChI is InChI=1S/C32H55N/c1-3-22-8-16-27(17-9-22)33(28-18-10-23(4-2)11-19-28)30-21-15-26-13-12-24-6-5-7-25-14-20-29(30)32(26)31(24)25/h22-32H,3-21H2,1-2H3. The topological polar surface area (TPSA) is 3.24 Å². The quantitative estimate of drug-likeness (QED) is 0.402. The van der Waals surface area contributed by atoms with Crippen LogP contribution in [0.5, 0.6) is 0 Å². The first kappa shape index (κ1) is 23.4. The number of hydrogen-bond donors (Lipinski definition) is 0. The van der Waals surface area contributed by atoms with Crippen molar-refractivity contribution in [3.05, 3.63) is 0 Å². The van der Waals surface area contributed by atoms with E-state index in [0.717, 1.165) is 65.5 Å². The first-order valence-electron chi connectivity index (χ1n) is 16.0. The van der Waals surface area contributed by atoms with Gasteiger partial charge < -0.3 is 0 Å². The zero-order chi connectivity index (χ0) is 22.4. The molecule has 0 heterocycles. The van der Waals surface area contributed by atoms with Gasteiger partial charge in [-0.25, -0.2) is 0 Å². The fraction of sp³-hybridized carbons (Fsp3) is 1.00. The summed E-state index contributed by atoms with van der Waals surface area (Å²) in [6.45, 7) is 4.89. The lowest BCUT2D eigenvalue weighted by molar-refractivity contribution is -0.124. The summed E-state index contributed by atoms with van der Waals surface area (Å²) in [7, 11) is 0. The maximum atomic E-state index is 3.32. The first-order valence-corrected chi connectivity index (χ1v) is 16.0. The maximum absolute atomic E-state index is 3.32. The second kappa shape index (κ2) is 10.1. The zero-order valence-electron chi connectivity index (χ0n) is 22.2. The van der Waals surface area contributed by atoms with Crippen LogP contribution in [0.15, 0.2) is 0 Å². The summed E-state index contributed by atoms with van der Waals surface area (Å²) in [5.41, 5.74) is 0. The van der Waals surface area contributed by atoms with Crippen LogP contribution in [0.2, 0.25) is 0 Å². The average Bonchev–Trinajstić information content (AvgIpc) is 2.89. The van der Waals surface area contributed by atoms with Crippen LogP contribution in [-0.4, -0.2) is 23.0 Å². The van der Waals surface area contributed by atoms with E-state index in [2.05, 4.69) is 18.7 Å². The Hall–Kier alpha value is -0.0400. The highest BCUT2D eigenvalue weighted by Crippen LogP contribution is 2.61. The number of nitrogens with zero attached hydrogens (tertiary/aromatic N) is 1. The molecule has 6 aliphatic carbocycles. The highest BCUT2D eigenvalue weighted by Gasteiger charge is 2.55. The molecular weight excluding hydrogens is 398 g/mol. The van der Waals surface area contributed by atoms with Crippen molar-refractivity contribution in [1.29, 1.82) is 0 Å². The van der Waals surface area contributed by atoms with E-state index in [9.17, 15) is 0 Å². The number of rotatable bonds is 5. The molecule has 6 saturated carbocycles. The van der Waals surface area contributed by atoms with Crippen molar-refractivity contribution in [3.63, 3.8) is 0 Å². The smallest absolute Gasteiger partial charge is 0.0132 e. The minimum atomic E-state index is 0.931. The molecule has 188 valence electrons. The predicted octanol–water partition coefficient (Wildman–Crippen LogP) is 8.86. The maximum Gasteiger partial charge on any atom is 0.0132 e. The van der Waals surface area contributed by atoms with Crippen LogP contribution in [0.1, 0.15) is 136 Å². The average molecular weight is 454 g/mol. The largest absolute Gasteiger partial charge is 0.294 e. The van der Waals surface area contributed by atoms with Crippen molar-refractivity contribution in [1.82, 2.24) is 4.90 Å². The highest BCUT2D eigenvalue weighted by atomic mass is 15.2. The lowest BCUT2D eigenvalue weighted by Crippen LogP contribution is -2.61. The Morgan fingerprint density at radius 3 is 1.52 bits per heavy atom. The molecule has 0 aromatic rings. The molecule has 6 rings (SSSR count). The van der Waals surface area contributed by atoms with Gasteiger partial charge in [0.05, 0.1) is 0 Å². The summed E-state index contributed by atoms with van der Waals surface area (Å²) in [5.74, 6) is 8.77. The highest BCUT2D eigenvalue weighted by molar-refractivity contribution is 5.06. The molecular formula is C32H55N. The Balaban J connectivity index is 1.26. The van der Waals surface area contributed by atoms with Gasteiger partial charge in [0.15, 0.2) is 0 Å². The minimum Gasteiger partial charge on any atom is -0.294 e. The monoisotopic (exact) mass is 453 g/mol. The van der Waals surface area contributed by atoms with Gasteiger partial charge in [-0.2, -0.15) is 0 Å².